The smallest absolute Gasteiger partial charge is 0.290 e. The van der Waals surface area contributed by atoms with Crippen molar-refractivity contribution >= 4 is 50.4 Å². The van der Waals surface area contributed by atoms with Crippen LogP contribution in [0.3, 0.4) is 0 Å². The number of sulfonamides is 1. The Hall–Kier alpha value is -4.55. The summed E-state index contributed by atoms with van der Waals surface area (Å²) in [5.41, 5.74) is 5.55. The molecule has 4 N–H and O–H groups in total. The van der Waals surface area contributed by atoms with Crippen molar-refractivity contribution in [3.8, 4) is 0 Å². The van der Waals surface area contributed by atoms with E-state index in [0.29, 0.717) is 30.6 Å². The highest BCUT2D eigenvalue weighted by Gasteiger charge is 2.29. The second-order valence-electron chi connectivity index (χ2n) is 11.1. The van der Waals surface area contributed by atoms with E-state index in [1.54, 1.807) is 13.1 Å². The average Bonchev–Trinajstić information content (AvgIpc) is 3.36. The number of aliphatic hydroxyl groups excluding tert-OH is 1. The number of carbonyl (C=O) groups excluding carboxylic acids is 1. The summed E-state index contributed by atoms with van der Waals surface area (Å²) in [6.07, 6.45) is 1.93. The minimum Gasteiger partial charge on any atom is -0.483 e. The monoisotopic (exact) mass is 635 g/mol. The molecule has 2 heterocycles. The number of amides is 1. The molecule has 1 aliphatic heterocycles. The third-order valence-electron chi connectivity index (χ3n) is 8.01. The molecular formula is C33H41N5O6S. The van der Waals surface area contributed by atoms with Crippen molar-refractivity contribution in [1.82, 2.24) is 9.88 Å². The van der Waals surface area contributed by atoms with Crippen LogP contribution in [0.2, 0.25) is 0 Å². The van der Waals surface area contributed by atoms with Crippen LogP contribution in [0.15, 0.2) is 72.9 Å². The Bertz CT molecular complexity index is 1720. The average molecular weight is 636 g/mol. The van der Waals surface area contributed by atoms with Crippen LogP contribution < -0.4 is 19.8 Å². The molecular weight excluding hydrogens is 594 g/mol. The fourth-order valence-electron chi connectivity index (χ4n) is 5.49. The van der Waals surface area contributed by atoms with Gasteiger partial charge >= 0.3 is 0 Å². The zero-order valence-electron chi connectivity index (χ0n) is 26.0. The molecule has 4 aromatic rings. The summed E-state index contributed by atoms with van der Waals surface area (Å²) in [5.74, 6) is -0.359. The van der Waals surface area contributed by atoms with Gasteiger partial charge in [-0.05, 0) is 67.3 Å². The van der Waals surface area contributed by atoms with Crippen molar-refractivity contribution in [3.63, 3.8) is 0 Å². The Morgan fingerprint density at radius 1 is 1.09 bits per heavy atom. The zero-order valence-corrected chi connectivity index (χ0v) is 26.8. The molecule has 0 radical (unpaired) electrons. The summed E-state index contributed by atoms with van der Waals surface area (Å²) in [6, 6.07) is 20.5. The second kappa shape index (κ2) is 14.5. The van der Waals surface area contributed by atoms with Gasteiger partial charge in [0.15, 0.2) is 0 Å². The van der Waals surface area contributed by atoms with E-state index in [4.69, 9.17) is 9.90 Å². The summed E-state index contributed by atoms with van der Waals surface area (Å²) in [6.45, 7) is 2.69. The number of carbonyl (C=O) groups is 2. The van der Waals surface area contributed by atoms with Gasteiger partial charge in [0.05, 0.1) is 29.1 Å². The molecule has 0 aliphatic carbocycles. The highest BCUT2D eigenvalue weighted by molar-refractivity contribution is 7.92. The summed E-state index contributed by atoms with van der Waals surface area (Å²) >= 11 is 0. The molecule has 0 bridgehead atoms. The van der Waals surface area contributed by atoms with Crippen LogP contribution in [-0.4, -0.2) is 81.2 Å². The van der Waals surface area contributed by atoms with Crippen LogP contribution in [0.4, 0.5) is 17.1 Å². The number of aromatic nitrogens is 1. The quantitative estimate of drug-likeness (QED) is 0.194. The molecule has 0 unspecified atom stereocenters. The molecule has 0 saturated heterocycles. The third kappa shape index (κ3) is 7.76. The molecule has 45 heavy (non-hydrogen) atoms. The maximum Gasteiger partial charge on any atom is 0.290 e. The molecule has 1 amide bonds. The number of nitrogens with one attached hydrogen (secondary N) is 2. The van der Waals surface area contributed by atoms with Gasteiger partial charge in [-0.25, -0.2) is 8.42 Å². The Kier molecular flexibility index (Phi) is 10.7. The number of aliphatic hydroxyl groups is 1. The number of carboxylic acid groups (broad SMARTS) is 1. The van der Waals surface area contributed by atoms with Gasteiger partial charge in [0.2, 0.25) is 10.0 Å². The third-order valence-corrected chi connectivity index (χ3v) is 9.76. The van der Waals surface area contributed by atoms with Gasteiger partial charge < -0.3 is 30.3 Å². The van der Waals surface area contributed by atoms with Gasteiger partial charge in [0, 0.05) is 62.8 Å². The van der Waals surface area contributed by atoms with E-state index in [1.807, 2.05) is 92.8 Å². The Morgan fingerprint density at radius 2 is 1.76 bits per heavy atom. The number of hydrogen-bond acceptors (Lipinski definition) is 7. The topological polar surface area (TPSA) is 144 Å². The van der Waals surface area contributed by atoms with Crippen LogP contribution in [0, 0.1) is 0 Å². The number of hydrogen-bond donors (Lipinski definition) is 4. The van der Waals surface area contributed by atoms with Crippen LogP contribution in [0.1, 0.15) is 28.4 Å². The minimum absolute atomic E-state index is 0.0127. The molecule has 2 atom stereocenters. The summed E-state index contributed by atoms with van der Waals surface area (Å²) < 4.78 is 29.2. The molecule has 0 saturated carbocycles. The maximum absolute atomic E-state index is 13.8. The lowest BCUT2D eigenvalue weighted by molar-refractivity contribution is -0.122. The number of benzene rings is 3. The van der Waals surface area contributed by atoms with E-state index in [-0.39, 0.29) is 24.7 Å². The number of anilines is 3. The van der Waals surface area contributed by atoms with Crippen molar-refractivity contribution in [3.05, 3.63) is 89.6 Å². The number of nitrogens with zero attached hydrogens (tertiary/aromatic N) is 3. The van der Waals surface area contributed by atoms with Gasteiger partial charge in [0.1, 0.15) is 0 Å². The van der Waals surface area contributed by atoms with E-state index in [0.717, 1.165) is 33.4 Å². The van der Waals surface area contributed by atoms with Crippen LogP contribution in [0.25, 0.3) is 10.9 Å². The minimum atomic E-state index is -3.52. The predicted molar refractivity (Wildman–Crippen MR) is 179 cm³/mol. The SMILES string of the molecule is CCn1cc2c3c(cc(C(=O)N[C@@H](Cc4ccccc4)[C@H](O)CNc4ccc(N(C)C)cc4)cc31)N(C)S(=O)(=O)CC2.O=CO. The molecule has 1 aliphatic rings. The molecule has 11 nitrogen and oxygen atoms in total. The standard InChI is InChI=1S/C32H39N5O4S.CH2O2/c1-5-37-21-23-15-16-42(40,41)36(4)28-18-24(19-29(37)31(23)28)32(39)34-27(17-22-9-7-6-8-10-22)30(38)20-33-25-11-13-26(14-12-25)35(2)3;2-1-3/h6-14,18-19,21,27,30,33,38H,5,15-17,20H2,1-4H3,(H,34,39);1H,(H,2,3)/t27-,30+;/m0./s1. The van der Waals surface area contributed by atoms with Gasteiger partial charge in [-0.3, -0.25) is 13.9 Å². The van der Waals surface area contributed by atoms with E-state index in [2.05, 4.69) is 15.2 Å². The lowest BCUT2D eigenvalue weighted by Crippen LogP contribution is -2.47. The maximum atomic E-state index is 13.8. The fourth-order valence-corrected chi connectivity index (χ4v) is 6.69. The molecule has 0 fully saturated rings. The molecule has 0 spiro atoms. The first kappa shape index (κ1) is 33.3. The van der Waals surface area contributed by atoms with Crippen LogP contribution >= 0.6 is 0 Å². The van der Waals surface area contributed by atoms with Crippen LogP contribution in [-0.2, 0) is 34.2 Å². The molecule has 12 heteroatoms. The van der Waals surface area contributed by atoms with Crippen molar-refractivity contribution < 1.29 is 28.2 Å². The van der Waals surface area contributed by atoms with Crippen molar-refractivity contribution in [2.45, 2.75) is 38.5 Å². The molecule has 1 aromatic heterocycles. The molecule has 240 valence electrons. The Morgan fingerprint density at radius 3 is 2.38 bits per heavy atom. The lowest BCUT2D eigenvalue weighted by Gasteiger charge is -2.26. The van der Waals surface area contributed by atoms with E-state index in [9.17, 15) is 18.3 Å². The highest BCUT2D eigenvalue weighted by Crippen LogP contribution is 2.37. The normalized spacial score (nSPS) is 14.8. The first-order chi connectivity index (χ1) is 21.5. The highest BCUT2D eigenvalue weighted by atomic mass is 32.2. The van der Waals surface area contributed by atoms with E-state index < -0.39 is 22.2 Å². The van der Waals surface area contributed by atoms with Crippen molar-refractivity contribution in [2.24, 2.45) is 0 Å². The van der Waals surface area contributed by atoms with Gasteiger partial charge in [0.25, 0.3) is 12.4 Å². The van der Waals surface area contributed by atoms with Gasteiger partial charge in [-0.15, -0.1) is 0 Å². The van der Waals surface area contributed by atoms with E-state index in [1.165, 1.54) is 4.31 Å². The number of aryl methyl sites for hydroxylation is 2. The lowest BCUT2D eigenvalue weighted by atomic mass is 9.99. The predicted octanol–water partition coefficient (Wildman–Crippen LogP) is 3.56. The van der Waals surface area contributed by atoms with Crippen molar-refractivity contribution in [2.75, 3.05) is 48.0 Å². The summed E-state index contributed by atoms with van der Waals surface area (Å²) in [5, 5.41) is 25.4. The van der Waals surface area contributed by atoms with Gasteiger partial charge in [-0.1, -0.05) is 30.3 Å². The summed E-state index contributed by atoms with van der Waals surface area (Å²) in [4.78, 5) is 24.2. The Balaban J connectivity index is 0.00000148. The Labute approximate surface area is 264 Å². The number of rotatable bonds is 10. The zero-order chi connectivity index (χ0) is 32.7. The van der Waals surface area contributed by atoms with Crippen molar-refractivity contribution in [1.29, 1.82) is 0 Å². The van der Waals surface area contributed by atoms with Crippen LogP contribution in [0.5, 0.6) is 0 Å². The molecule has 3 aromatic carbocycles. The largest absolute Gasteiger partial charge is 0.483 e. The first-order valence-electron chi connectivity index (χ1n) is 14.7. The van der Waals surface area contributed by atoms with E-state index >= 15 is 0 Å². The second-order valence-corrected chi connectivity index (χ2v) is 13.2. The first-order valence-corrected chi connectivity index (χ1v) is 16.3. The summed E-state index contributed by atoms with van der Waals surface area (Å²) in [7, 11) is 1.98. The molecule has 5 rings (SSSR count). The fraction of sp³-hybridized carbons (Fsp3) is 0.333. The van der Waals surface area contributed by atoms with Gasteiger partial charge in [-0.2, -0.15) is 0 Å².